The van der Waals surface area contributed by atoms with Gasteiger partial charge in [-0.3, -0.25) is 10.00 Å². The highest BCUT2D eigenvalue weighted by atomic mass is 19.3. The zero-order valence-electron chi connectivity index (χ0n) is 18.1. The lowest BCUT2D eigenvalue weighted by Gasteiger charge is -2.43. The molecule has 3 aromatic rings. The second-order valence-electron chi connectivity index (χ2n) is 8.34. The molecule has 2 atom stereocenters. The maximum Gasteiger partial charge on any atom is 0.328 e. The Balaban J connectivity index is 1.89. The summed E-state index contributed by atoms with van der Waals surface area (Å²) in [6, 6.07) is 8.61. The fourth-order valence-corrected chi connectivity index (χ4v) is 4.56. The largest absolute Gasteiger partial charge is 0.496 e. The van der Waals surface area contributed by atoms with Crippen molar-refractivity contribution in [1.29, 1.82) is 0 Å². The van der Waals surface area contributed by atoms with Crippen LogP contribution in [-0.2, 0) is 11.2 Å². The highest BCUT2D eigenvalue weighted by molar-refractivity contribution is 5.85. The zero-order valence-corrected chi connectivity index (χ0v) is 18.1. The standard InChI is InChI=1S/C24H25F2N3O3/c1-14-10-18-16(7-8-20-19(18)12-27-28-20)23(29(14)13-24(2,25)26)17-6-4-15(5-9-22(30)31)11-21(17)32-3/h4-9,11-12,14,23H,10,13H2,1-3H3,(H,27,28)(H,30,31)/b9-5+/t14-,23?/m1/s1. The topological polar surface area (TPSA) is 78.5 Å². The Hall–Kier alpha value is -3.26. The molecule has 0 aliphatic carbocycles. The highest BCUT2D eigenvalue weighted by Gasteiger charge is 2.39. The molecule has 1 aromatic heterocycles. The van der Waals surface area contributed by atoms with Crippen molar-refractivity contribution in [1.82, 2.24) is 15.1 Å². The number of H-pyrrole nitrogens is 1. The number of benzene rings is 2. The van der Waals surface area contributed by atoms with Gasteiger partial charge >= 0.3 is 5.97 Å². The molecule has 1 aliphatic rings. The molecule has 168 valence electrons. The molecule has 0 amide bonds. The van der Waals surface area contributed by atoms with E-state index in [2.05, 4.69) is 10.2 Å². The number of methoxy groups -OCH3 is 1. The van der Waals surface area contributed by atoms with Crippen molar-refractivity contribution in [3.05, 3.63) is 64.9 Å². The lowest BCUT2D eigenvalue weighted by Crippen LogP contribution is -2.47. The van der Waals surface area contributed by atoms with E-state index in [-0.39, 0.29) is 6.04 Å². The molecule has 2 aromatic carbocycles. The molecule has 0 spiro atoms. The van der Waals surface area contributed by atoms with E-state index in [4.69, 9.17) is 9.84 Å². The van der Waals surface area contributed by atoms with Crippen LogP contribution in [0, 0.1) is 0 Å². The summed E-state index contributed by atoms with van der Waals surface area (Å²) in [5, 5.41) is 17.0. The fraction of sp³-hybridized carbons (Fsp3) is 0.333. The number of nitrogens with zero attached hydrogens (tertiary/aromatic N) is 2. The highest BCUT2D eigenvalue weighted by Crippen LogP contribution is 2.44. The minimum absolute atomic E-state index is 0.143. The summed E-state index contributed by atoms with van der Waals surface area (Å²) in [4.78, 5) is 12.7. The Kier molecular flexibility index (Phi) is 5.73. The second kappa shape index (κ2) is 8.35. The van der Waals surface area contributed by atoms with Gasteiger partial charge in [0.15, 0.2) is 0 Å². The molecular formula is C24H25F2N3O3. The average Bonchev–Trinajstić information content (AvgIpc) is 3.21. The Bertz CT molecular complexity index is 1180. The van der Waals surface area contributed by atoms with Crippen molar-refractivity contribution in [3.63, 3.8) is 0 Å². The van der Waals surface area contributed by atoms with E-state index in [1.165, 1.54) is 13.2 Å². The van der Waals surface area contributed by atoms with Crippen LogP contribution in [0.4, 0.5) is 8.78 Å². The Morgan fingerprint density at radius 3 is 2.78 bits per heavy atom. The summed E-state index contributed by atoms with van der Waals surface area (Å²) in [6.45, 7) is 2.49. The number of ether oxygens (including phenoxy) is 1. The first-order chi connectivity index (χ1) is 15.2. The number of aromatic amines is 1. The van der Waals surface area contributed by atoms with Gasteiger partial charge < -0.3 is 9.84 Å². The molecule has 0 bridgehead atoms. The summed E-state index contributed by atoms with van der Waals surface area (Å²) in [7, 11) is 1.52. The van der Waals surface area contributed by atoms with Crippen LogP contribution in [0.3, 0.4) is 0 Å². The molecule has 6 nitrogen and oxygen atoms in total. The summed E-state index contributed by atoms with van der Waals surface area (Å²) >= 11 is 0. The molecule has 0 fully saturated rings. The van der Waals surface area contributed by atoms with Crippen molar-refractivity contribution in [2.75, 3.05) is 13.7 Å². The number of rotatable bonds is 6. The second-order valence-corrected chi connectivity index (χ2v) is 8.34. The summed E-state index contributed by atoms with van der Waals surface area (Å²) in [5.74, 6) is -3.41. The number of nitrogens with one attached hydrogen (secondary N) is 1. The number of carbonyl (C=O) groups is 1. The van der Waals surface area contributed by atoms with Crippen molar-refractivity contribution < 1.29 is 23.4 Å². The van der Waals surface area contributed by atoms with E-state index in [1.807, 2.05) is 30.0 Å². The lowest BCUT2D eigenvalue weighted by molar-refractivity contribution is -0.131. The normalized spacial score (nSPS) is 19.4. The first-order valence-corrected chi connectivity index (χ1v) is 10.4. The third-order valence-corrected chi connectivity index (χ3v) is 5.89. The van der Waals surface area contributed by atoms with Crippen LogP contribution in [0.5, 0.6) is 5.75 Å². The van der Waals surface area contributed by atoms with Crippen molar-refractivity contribution >= 4 is 22.9 Å². The first kappa shape index (κ1) is 22.0. The van der Waals surface area contributed by atoms with Crippen molar-refractivity contribution in [3.8, 4) is 5.75 Å². The number of carboxylic acid groups (broad SMARTS) is 1. The molecule has 2 heterocycles. The van der Waals surface area contributed by atoms with Crippen molar-refractivity contribution in [2.24, 2.45) is 0 Å². The fourth-order valence-electron chi connectivity index (χ4n) is 4.56. The molecule has 1 aliphatic heterocycles. The first-order valence-electron chi connectivity index (χ1n) is 10.4. The van der Waals surface area contributed by atoms with E-state index in [0.717, 1.165) is 40.6 Å². The van der Waals surface area contributed by atoms with E-state index in [0.29, 0.717) is 17.7 Å². The Morgan fingerprint density at radius 2 is 2.09 bits per heavy atom. The van der Waals surface area contributed by atoms with Crippen LogP contribution in [0.1, 0.15) is 42.1 Å². The third kappa shape index (κ3) is 4.23. The Labute approximate surface area is 184 Å². The zero-order chi connectivity index (χ0) is 23.0. The van der Waals surface area contributed by atoms with Crippen molar-refractivity contribution in [2.45, 2.75) is 38.3 Å². The van der Waals surface area contributed by atoms with E-state index in [9.17, 15) is 13.6 Å². The SMILES string of the molecule is COc1cc(/C=C/C(=O)O)ccc1C1c2ccc3[nH]ncc3c2C[C@@H](C)N1CC(C)(F)F. The molecule has 4 rings (SSSR count). The number of aliphatic carboxylic acids is 1. The molecule has 1 unspecified atom stereocenters. The molecule has 2 N–H and O–H groups in total. The van der Waals surface area contributed by atoms with Crippen LogP contribution < -0.4 is 4.74 Å². The summed E-state index contributed by atoms with van der Waals surface area (Å²) in [6.07, 6.45) is 4.92. The van der Waals surface area contributed by atoms with Gasteiger partial charge in [-0.15, -0.1) is 0 Å². The van der Waals surface area contributed by atoms with E-state index in [1.54, 1.807) is 18.3 Å². The summed E-state index contributed by atoms with van der Waals surface area (Å²) < 4.78 is 34.1. The van der Waals surface area contributed by atoms with Gasteiger partial charge in [-0.05, 0) is 48.2 Å². The van der Waals surface area contributed by atoms with Crippen LogP contribution in [0.15, 0.2) is 42.6 Å². The van der Waals surface area contributed by atoms with E-state index >= 15 is 0 Å². The number of hydrogen-bond acceptors (Lipinski definition) is 4. The van der Waals surface area contributed by atoms with Crippen LogP contribution in [0.25, 0.3) is 17.0 Å². The van der Waals surface area contributed by atoms with Gasteiger partial charge in [0.1, 0.15) is 5.75 Å². The molecular weight excluding hydrogens is 416 g/mol. The number of aromatic nitrogens is 2. The Morgan fingerprint density at radius 1 is 1.34 bits per heavy atom. The predicted molar refractivity (Wildman–Crippen MR) is 118 cm³/mol. The average molecular weight is 441 g/mol. The van der Waals surface area contributed by atoms with Crippen LogP contribution in [0.2, 0.25) is 0 Å². The van der Waals surface area contributed by atoms with E-state index < -0.39 is 24.5 Å². The molecule has 0 saturated carbocycles. The molecule has 0 radical (unpaired) electrons. The van der Waals surface area contributed by atoms with Gasteiger partial charge in [-0.2, -0.15) is 5.10 Å². The third-order valence-electron chi connectivity index (χ3n) is 5.89. The van der Waals surface area contributed by atoms with Crippen LogP contribution >= 0.6 is 0 Å². The number of halogens is 2. The van der Waals surface area contributed by atoms with Gasteiger partial charge in [0.05, 0.1) is 31.4 Å². The van der Waals surface area contributed by atoms with Gasteiger partial charge in [-0.25, -0.2) is 13.6 Å². The maximum absolute atomic E-state index is 14.2. The minimum atomic E-state index is -2.87. The lowest BCUT2D eigenvalue weighted by atomic mass is 9.83. The van der Waals surface area contributed by atoms with Gasteiger partial charge in [0, 0.05) is 30.0 Å². The maximum atomic E-state index is 14.2. The predicted octanol–water partition coefficient (Wildman–Crippen LogP) is 4.66. The quantitative estimate of drug-likeness (QED) is 0.544. The molecule has 0 saturated heterocycles. The number of carboxylic acids is 1. The molecule has 32 heavy (non-hydrogen) atoms. The van der Waals surface area contributed by atoms with Gasteiger partial charge in [-0.1, -0.05) is 18.2 Å². The number of fused-ring (bicyclic) bond motifs is 3. The number of alkyl halides is 2. The smallest absolute Gasteiger partial charge is 0.328 e. The number of hydrogen-bond donors (Lipinski definition) is 2. The monoisotopic (exact) mass is 441 g/mol. The minimum Gasteiger partial charge on any atom is -0.496 e. The van der Waals surface area contributed by atoms with Gasteiger partial charge in [0.25, 0.3) is 5.92 Å². The van der Waals surface area contributed by atoms with Crippen LogP contribution in [-0.4, -0.2) is 51.8 Å². The van der Waals surface area contributed by atoms with Gasteiger partial charge in [0.2, 0.25) is 0 Å². The molecule has 8 heteroatoms. The summed E-state index contributed by atoms with van der Waals surface area (Å²) in [5.41, 5.74) is 4.33.